The Balaban J connectivity index is 1.26. The zero-order valence-corrected chi connectivity index (χ0v) is 18.3. The summed E-state index contributed by atoms with van der Waals surface area (Å²) in [6, 6.07) is 12.3. The number of sulfonamides is 1. The van der Waals surface area contributed by atoms with E-state index in [0.717, 1.165) is 12.8 Å². The van der Waals surface area contributed by atoms with Crippen molar-refractivity contribution in [1.82, 2.24) is 9.62 Å². The predicted octanol–water partition coefficient (Wildman–Crippen LogP) is 2.40. The van der Waals surface area contributed by atoms with Gasteiger partial charge in [-0.05, 0) is 73.2 Å². The van der Waals surface area contributed by atoms with Gasteiger partial charge in [0.1, 0.15) is 12.4 Å². The number of amides is 1. The smallest absolute Gasteiger partial charge is 0.251 e. The van der Waals surface area contributed by atoms with Crippen LogP contribution in [-0.4, -0.2) is 58.1 Å². The van der Waals surface area contributed by atoms with Gasteiger partial charge in [-0.2, -0.15) is 4.31 Å². The Labute approximate surface area is 183 Å². The molecule has 1 heterocycles. The van der Waals surface area contributed by atoms with Gasteiger partial charge < -0.3 is 14.8 Å². The molecular formula is C23H28N2O5S. The third-order valence-electron chi connectivity index (χ3n) is 5.70. The number of nitrogens with zero attached hydrogens (tertiary/aromatic N) is 1. The maximum absolute atomic E-state index is 12.6. The van der Waals surface area contributed by atoms with Crippen molar-refractivity contribution < 1.29 is 22.7 Å². The van der Waals surface area contributed by atoms with Crippen LogP contribution in [-0.2, 0) is 27.6 Å². The second-order valence-corrected chi connectivity index (χ2v) is 9.72. The molecule has 7 nitrogen and oxygen atoms in total. The molecule has 0 radical (unpaired) electrons. The number of carbonyl (C=O) groups is 1. The third-order valence-corrected chi connectivity index (χ3v) is 7.61. The fraction of sp³-hybridized carbons (Fsp3) is 0.435. The minimum absolute atomic E-state index is 0.107. The molecule has 1 amide bonds. The molecule has 2 aromatic carbocycles. The predicted molar refractivity (Wildman–Crippen MR) is 117 cm³/mol. The van der Waals surface area contributed by atoms with Crippen LogP contribution in [0.25, 0.3) is 0 Å². The van der Waals surface area contributed by atoms with Crippen LogP contribution >= 0.6 is 0 Å². The largest absolute Gasteiger partial charge is 0.492 e. The van der Waals surface area contributed by atoms with Gasteiger partial charge >= 0.3 is 0 Å². The van der Waals surface area contributed by atoms with Crippen molar-refractivity contribution in [3.05, 3.63) is 59.2 Å². The molecule has 0 unspecified atom stereocenters. The molecule has 1 saturated heterocycles. The zero-order chi connectivity index (χ0) is 21.7. The van der Waals surface area contributed by atoms with Crippen molar-refractivity contribution in [2.45, 2.75) is 30.6 Å². The van der Waals surface area contributed by atoms with E-state index in [-0.39, 0.29) is 10.8 Å². The fourth-order valence-corrected chi connectivity index (χ4v) is 5.36. The van der Waals surface area contributed by atoms with Crippen molar-refractivity contribution in [3.8, 4) is 5.75 Å². The van der Waals surface area contributed by atoms with Gasteiger partial charge in [0.15, 0.2) is 0 Å². The molecular weight excluding hydrogens is 416 g/mol. The SMILES string of the molecule is O=C(NCCOc1ccc(S(=O)(=O)N2CCOCC2)cc1)c1ccc2c(c1)CCCC2. The number of carbonyl (C=O) groups excluding carboxylic acids is 1. The number of ether oxygens (including phenoxy) is 2. The monoisotopic (exact) mass is 444 g/mol. The van der Waals surface area contributed by atoms with Crippen molar-refractivity contribution in [3.63, 3.8) is 0 Å². The summed E-state index contributed by atoms with van der Waals surface area (Å²) in [5.74, 6) is 0.452. The molecule has 166 valence electrons. The first-order valence-corrected chi connectivity index (χ1v) is 12.2. The molecule has 0 saturated carbocycles. The number of hydrogen-bond donors (Lipinski definition) is 1. The van der Waals surface area contributed by atoms with E-state index in [1.54, 1.807) is 24.3 Å². The van der Waals surface area contributed by atoms with Crippen LogP contribution in [0.5, 0.6) is 5.75 Å². The Morgan fingerprint density at radius 3 is 2.45 bits per heavy atom. The molecule has 4 rings (SSSR count). The molecule has 1 N–H and O–H groups in total. The van der Waals surface area contributed by atoms with E-state index in [9.17, 15) is 13.2 Å². The quantitative estimate of drug-likeness (QED) is 0.663. The second kappa shape index (κ2) is 9.80. The second-order valence-electron chi connectivity index (χ2n) is 7.78. The first-order chi connectivity index (χ1) is 15.0. The highest BCUT2D eigenvalue weighted by Gasteiger charge is 2.26. The van der Waals surface area contributed by atoms with Crippen LogP contribution in [0.2, 0.25) is 0 Å². The average Bonchev–Trinajstić information content (AvgIpc) is 2.82. The first kappa shape index (κ1) is 21.8. The van der Waals surface area contributed by atoms with E-state index in [0.29, 0.717) is 50.8 Å². The molecule has 1 aliphatic carbocycles. The number of benzene rings is 2. The molecule has 1 aliphatic heterocycles. The summed E-state index contributed by atoms with van der Waals surface area (Å²) < 4.78 is 37.6. The zero-order valence-electron chi connectivity index (χ0n) is 17.5. The van der Waals surface area contributed by atoms with Crippen LogP contribution in [0.1, 0.15) is 34.3 Å². The standard InChI is InChI=1S/C23H28N2O5S/c26-23(20-6-5-18-3-1-2-4-19(18)17-20)24-11-14-30-21-7-9-22(10-8-21)31(27,28)25-12-15-29-16-13-25/h5-10,17H,1-4,11-16H2,(H,24,26). The van der Waals surface area contributed by atoms with Gasteiger partial charge in [0, 0.05) is 18.7 Å². The molecule has 1 fully saturated rings. The Bertz CT molecular complexity index is 1010. The Morgan fingerprint density at radius 2 is 1.71 bits per heavy atom. The van der Waals surface area contributed by atoms with Gasteiger partial charge in [-0.15, -0.1) is 0 Å². The lowest BCUT2D eigenvalue weighted by molar-refractivity contribution is 0.0730. The Morgan fingerprint density at radius 1 is 1.00 bits per heavy atom. The van der Waals surface area contributed by atoms with Crippen LogP contribution in [0, 0.1) is 0 Å². The van der Waals surface area contributed by atoms with E-state index in [1.807, 2.05) is 12.1 Å². The van der Waals surface area contributed by atoms with Crippen LogP contribution < -0.4 is 10.1 Å². The number of hydrogen-bond acceptors (Lipinski definition) is 5. The molecule has 2 aliphatic rings. The minimum Gasteiger partial charge on any atom is -0.492 e. The van der Waals surface area contributed by atoms with Crippen molar-refractivity contribution in [2.75, 3.05) is 39.5 Å². The number of aryl methyl sites for hydroxylation is 2. The average molecular weight is 445 g/mol. The lowest BCUT2D eigenvalue weighted by Gasteiger charge is -2.26. The van der Waals surface area contributed by atoms with E-state index in [4.69, 9.17) is 9.47 Å². The summed E-state index contributed by atoms with van der Waals surface area (Å²) in [4.78, 5) is 12.6. The minimum atomic E-state index is -3.51. The number of nitrogens with one attached hydrogen (secondary N) is 1. The van der Waals surface area contributed by atoms with Crippen molar-refractivity contribution in [2.24, 2.45) is 0 Å². The van der Waals surface area contributed by atoms with E-state index in [2.05, 4.69) is 11.4 Å². The van der Waals surface area contributed by atoms with E-state index in [1.165, 1.54) is 28.3 Å². The summed E-state index contributed by atoms with van der Waals surface area (Å²) in [5, 5.41) is 2.88. The fourth-order valence-electron chi connectivity index (χ4n) is 3.95. The highest BCUT2D eigenvalue weighted by atomic mass is 32.2. The molecule has 0 spiro atoms. The number of morpholine rings is 1. The van der Waals surface area contributed by atoms with Gasteiger partial charge in [-0.3, -0.25) is 4.79 Å². The normalized spacial score (nSPS) is 17.0. The van der Waals surface area contributed by atoms with Gasteiger partial charge in [0.25, 0.3) is 5.91 Å². The van der Waals surface area contributed by atoms with Crippen molar-refractivity contribution in [1.29, 1.82) is 0 Å². The maximum Gasteiger partial charge on any atom is 0.251 e. The summed E-state index contributed by atoms with van der Waals surface area (Å²) in [6.07, 6.45) is 4.53. The lowest BCUT2D eigenvalue weighted by Crippen LogP contribution is -2.40. The molecule has 31 heavy (non-hydrogen) atoms. The Kier molecular flexibility index (Phi) is 6.89. The van der Waals surface area contributed by atoms with E-state index < -0.39 is 10.0 Å². The molecule has 0 atom stereocenters. The highest BCUT2D eigenvalue weighted by molar-refractivity contribution is 7.89. The summed E-state index contributed by atoms with van der Waals surface area (Å²) in [6.45, 7) is 2.22. The van der Waals surface area contributed by atoms with Crippen LogP contribution in [0.4, 0.5) is 0 Å². The van der Waals surface area contributed by atoms with Crippen molar-refractivity contribution >= 4 is 15.9 Å². The molecule has 0 bridgehead atoms. The topological polar surface area (TPSA) is 84.9 Å². The molecule has 8 heteroatoms. The highest BCUT2D eigenvalue weighted by Crippen LogP contribution is 2.22. The Hall–Kier alpha value is -2.42. The lowest BCUT2D eigenvalue weighted by atomic mass is 9.90. The van der Waals surface area contributed by atoms with Crippen LogP contribution in [0.3, 0.4) is 0 Å². The third kappa shape index (κ3) is 5.26. The first-order valence-electron chi connectivity index (χ1n) is 10.7. The van der Waals surface area contributed by atoms with E-state index >= 15 is 0 Å². The van der Waals surface area contributed by atoms with Gasteiger partial charge in [-0.25, -0.2) is 8.42 Å². The number of fused-ring (bicyclic) bond motifs is 1. The van der Waals surface area contributed by atoms with Crippen LogP contribution in [0.15, 0.2) is 47.4 Å². The summed E-state index contributed by atoms with van der Waals surface area (Å²) in [7, 11) is -3.51. The van der Waals surface area contributed by atoms with Gasteiger partial charge in [0.2, 0.25) is 10.0 Å². The summed E-state index contributed by atoms with van der Waals surface area (Å²) in [5.41, 5.74) is 3.31. The molecule has 0 aromatic heterocycles. The van der Waals surface area contributed by atoms with Gasteiger partial charge in [-0.1, -0.05) is 6.07 Å². The number of rotatable bonds is 7. The summed E-state index contributed by atoms with van der Waals surface area (Å²) >= 11 is 0. The van der Waals surface area contributed by atoms with Gasteiger partial charge in [0.05, 0.1) is 24.7 Å². The maximum atomic E-state index is 12.6. The molecule has 2 aromatic rings.